The molecular formula is C29H33N3O2. The van der Waals surface area contributed by atoms with E-state index in [1.54, 1.807) is 7.11 Å². The van der Waals surface area contributed by atoms with Gasteiger partial charge in [-0.3, -0.25) is 14.6 Å². The van der Waals surface area contributed by atoms with Crippen LogP contribution in [0.5, 0.6) is 5.75 Å². The molecule has 5 rings (SSSR count). The smallest absolute Gasteiger partial charge is 0.238 e. The van der Waals surface area contributed by atoms with Crippen LogP contribution in [0, 0.1) is 0 Å². The number of nitrogens with zero attached hydrogens (tertiary/aromatic N) is 2. The number of hydrogen-bond acceptors (Lipinski definition) is 4. The van der Waals surface area contributed by atoms with Crippen LogP contribution in [-0.4, -0.2) is 61.1 Å². The number of hydrogen-bond donors (Lipinski definition) is 1. The second-order valence-electron chi connectivity index (χ2n) is 9.27. The van der Waals surface area contributed by atoms with E-state index in [4.69, 9.17) is 4.74 Å². The van der Waals surface area contributed by atoms with Crippen LogP contribution in [0.15, 0.2) is 84.9 Å². The van der Waals surface area contributed by atoms with Crippen molar-refractivity contribution in [3.63, 3.8) is 0 Å². The fraction of sp³-hybridized carbons (Fsp3) is 0.345. The zero-order valence-corrected chi connectivity index (χ0v) is 19.8. The summed E-state index contributed by atoms with van der Waals surface area (Å²) in [5.74, 6) is 1.22. The number of para-hydroxylation sites is 1. The fourth-order valence-corrected chi connectivity index (χ4v) is 5.63. The van der Waals surface area contributed by atoms with Crippen LogP contribution < -0.4 is 10.1 Å². The third-order valence-corrected chi connectivity index (χ3v) is 7.19. The number of fused-ring (bicyclic) bond motifs is 1. The monoisotopic (exact) mass is 455 g/mol. The van der Waals surface area contributed by atoms with Crippen molar-refractivity contribution in [2.45, 2.75) is 31.0 Å². The van der Waals surface area contributed by atoms with Gasteiger partial charge in [0.2, 0.25) is 5.91 Å². The largest absolute Gasteiger partial charge is 0.496 e. The van der Waals surface area contributed by atoms with Crippen molar-refractivity contribution in [2.24, 2.45) is 0 Å². The number of rotatable bonds is 6. The van der Waals surface area contributed by atoms with Gasteiger partial charge in [-0.1, -0.05) is 78.9 Å². The number of carbonyl (C=O) groups excluding carboxylic acids is 1. The molecule has 2 aliphatic rings. The summed E-state index contributed by atoms with van der Waals surface area (Å²) < 4.78 is 5.63. The molecule has 0 bridgehead atoms. The van der Waals surface area contributed by atoms with Crippen molar-refractivity contribution in [1.29, 1.82) is 0 Å². The number of piperazine rings is 1. The van der Waals surface area contributed by atoms with E-state index in [0.717, 1.165) is 50.5 Å². The molecule has 1 amide bonds. The minimum absolute atomic E-state index is 0.145. The van der Waals surface area contributed by atoms with Crippen molar-refractivity contribution >= 4 is 5.91 Å². The molecule has 0 aromatic heterocycles. The van der Waals surface area contributed by atoms with Crippen LogP contribution in [0.4, 0.5) is 0 Å². The number of amides is 1. The van der Waals surface area contributed by atoms with Gasteiger partial charge in [-0.15, -0.1) is 0 Å². The molecule has 2 heterocycles. The average molecular weight is 456 g/mol. The summed E-state index contributed by atoms with van der Waals surface area (Å²) in [7, 11) is 1.72. The number of methoxy groups -OCH3 is 1. The van der Waals surface area contributed by atoms with Gasteiger partial charge in [0.25, 0.3) is 0 Å². The molecule has 1 N–H and O–H groups in total. The van der Waals surface area contributed by atoms with Gasteiger partial charge in [-0.05, 0) is 23.6 Å². The second-order valence-corrected chi connectivity index (χ2v) is 9.27. The number of carbonyl (C=O) groups is 1. The highest BCUT2D eigenvalue weighted by Crippen LogP contribution is 2.36. The van der Waals surface area contributed by atoms with Crippen molar-refractivity contribution in [2.75, 3.05) is 33.3 Å². The summed E-state index contributed by atoms with van der Waals surface area (Å²) in [4.78, 5) is 18.1. The minimum Gasteiger partial charge on any atom is -0.496 e. The van der Waals surface area contributed by atoms with Gasteiger partial charge >= 0.3 is 0 Å². The molecule has 3 aromatic rings. The molecule has 0 spiro atoms. The van der Waals surface area contributed by atoms with E-state index in [9.17, 15) is 4.79 Å². The highest BCUT2D eigenvalue weighted by Gasteiger charge is 2.43. The highest BCUT2D eigenvalue weighted by atomic mass is 16.5. The molecule has 5 nitrogen and oxygen atoms in total. The molecule has 5 heteroatoms. The van der Waals surface area contributed by atoms with Crippen molar-refractivity contribution < 1.29 is 9.53 Å². The highest BCUT2D eigenvalue weighted by molar-refractivity contribution is 5.82. The molecule has 176 valence electrons. The predicted octanol–water partition coefficient (Wildman–Crippen LogP) is 3.90. The van der Waals surface area contributed by atoms with Gasteiger partial charge in [0, 0.05) is 50.2 Å². The molecule has 0 radical (unpaired) electrons. The normalized spacial score (nSPS) is 21.5. The Kier molecular flexibility index (Phi) is 6.93. The minimum atomic E-state index is -0.161. The quantitative estimate of drug-likeness (QED) is 0.612. The lowest BCUT2D eigenvalue weighted by Gasteiger charge is -2.48. The topological polar surface area (TPSA) is 44.8 Å². The van der Waals surface area contributed by atoms with Crippen LogP contribution in [-0.2, 0) is 11.3 Å². The van der Waals surface area contributed by atoms with Gasteiger partial charge < -0.3 is 10.1 Å². The van der Waals surface area contributed by atoms with Gasteiger partial charge in [0.15, 0.2) is 0 Å². The lowest BCUT2D eigenvalue weighted by molar-refractivity contribution is -0.129. The Labute approximate surface area is 202 Å². The van der Waals surface area contributed by atoms with E-state index < -0.39 is 0 Å². The summed E-state index contributed by atoms with van der Waals surface area (Å²) in [6.45, 7) is 4.03. The molecule has 3 aromatic carbocycles. The van der Waals surface area contributed by atoms with Crippen molar-refractivity contribution in [3.8, 4) is 5.75 Å². The van der Waals surface area contributed by atoms with E-state index in [0.29, 0.717) is 0 Å². The number of benzene rings is 3. The van der Waals surface area contributed by atoms with Crippen LogP contribution in [0.1, 0.15) is 29.0 Å². The zero-order chi connectivity index (χ0) is 23.3. The van der Waals surface area contributed by atoms with E-state index in [2.05, 4.69) is 87.9 Å². The standard InChI is InChI=1S/C29H33N3O2/c1-34-27-16-9-8-15-24(27)19-31-20-25(32-18-10-17-30-29(33)26(32)21-31)28(22-11-4-2-5-12-22)23-13-6-3-7-14-23/h2-9,11-16,25-26,28H,10,17-21H2,1H3,(H,30,33)/t25?,26-/m1/s1. The first-order valence-corrected chi connectivity index (χ1v) is 12.2. The fourth-order valence-electron chi connectivity index (χ4n) is 5.63. The summed E-state index contributed by atoms with van der Waals surface area (Å²) in [5.41, 5.74) is 3.74. The predicted molar refractivity (Wildman–Crippen MR) is 135 cm³/mol. The SMILES string of the molecule is COc1ccccc1CN1CC(C(c2ccccc2)c2ccccc2)N2CCCNC(=O)[C@H]2C1. The average Bonchev–Trinajstić information content (AvgIpc) is 3.07. The van der Waals surface area contributed by atoms with Crippen LogP contribution >= 0.6 is 0 Å². The van der Waals surface area contributed by atoms with E-state index in [1.165, 1.54) is 11.1 Å². The Balaban J connectivity index is 1.55. The first kappa shape index (κ1) is 22.6. The maximum absolute atomic E-state index is 13.2. The molecule has 2 aliphatic heterocycles. The molecule has 2 saturated heterocycles. The van der Waals surface area contributed by atoms with Gasteiger partial charge in [0.1, 0.15) is 11.8 Å². The van der Waals surface area contributed by atoms with Gasteiger partial charge in [-0.2, -0.15) is 0 Å². The van der Waals surface area contributed by atoms with E-state index in [-0.39, 0.29) is 23.9 Å². The summed E-state index contributed by atoms with van der Waals surface area (Å²) in [5, 5.41) is 3.16. The first-order valence-electron chi connectivity index (χ1n) is 12.2. The molecule has 34 heavy (non-hydrogen) atoms. The lowest BCUT2D eigenvalue weighted by Crippen LogP contribution is -2.63. The maximum Gasteiger partial charge on any atom is 0.238 e. The lowest BCUT2D eigenvalue weighted by atomic mass is 9.82. The van der Waals surface area contributed by atoms with Crippen LogP contribution in [0.3, 0.4) is 0 Å². The third kappa shape index (κ3) is 4.72. The van der Waals surface area contributed by atoms with Gasteiger partial charge in [0.05, 0.1) is 7.11 Å². The Morgan fingerprint density at radius 3 is 2.24 bits per heavy atom. The number of ether oxygens (including phenoxy) is 1. The molecule has 2 fully saturated rings. The summed E-state index contributed by atoms with van der Waals surface area (Å²) in [6.07, 6.45) is 0.974. The second kappa shape index (κ2) is 10.4. The third-order valence-electron chi connectivity index (χ3n) is 7.19. The van der Waals surface area contributed by atoms with Gasteiger partial charge in [-0.25, -0.2) is 0 Å². The Bertz CT molecular complexity index is 1050. The van der Waals surface area contributed by atoms with Crippen LogP contribution in [0.25, 0.3) is 0 Å². The first-order chi connectivity index (χ1) is 16.7. The summed E-state index contributed by atoms with van der Waals surface area (Å²) >= 11 is 0. The molecular weight excluding hydrogens is 422 g/mol. The summed E-state index contributed by atoms with van der Waals surface area (Å²) in [6, 6.07) is 29.7. The van der Waals surface area contributed by atoms with E-state index in [1.807, 2.05) is 12.1 Å². The Hall–Kier alpha value is -3.15. The van der Waals surface area contributed by atoms with E-state index >= 15 is 0 Å². The molecule has 2 atom stereocenters. The molecule has 0 aliphatic carbocycles. The molecule has 0 saturated carbocycles. The molecule has 1 unspecified atom stereocenters. The number of nitrogens with one attached hydrogen (secondary N) is 1. The maximum atomic E-state index is 13.2. The zero-order valence-electron chi connectivity index (χ0n) is 19.8. The van der Waals surface area contributed by atoms with Crippen molar-refractivity contribution in [1.82, 2.24) is 15.1 Å². The van der Waals surface area contributed by atoms with Crippen LogP contribution in [0.2, 0.25) is 0 Å². The Morgan fingerprint density at radius 2 is 1.56 bits per heavy atom. The Morgan fingerprint density at radius 1 is 0.912 bits per heavy atom. The van der Waals surface area contributed by atoms with Crippen molar-refractivity contribution in [3.05, 3.63) is 102 Å².